The third kappa shape index (κ3) is 4.22. The lowest BCUT2D eigenvalue weighted by atomic mass is 9.84. The van der Waals surface area contributed by atoms with Crippen molar-refractivity contribution in [2.45, 2.75) is 51.6 Å². The molecule has 1 saturated carbocycles. The molecule has 0 spiro atoms. The normalized spacial score (nSPS) is 18.0. The number of nitrogens with one attached hydrogen (secondary N) is 1. The second-order valence-electron chi connectivity index (χ2n) is 5.65. The van der Waals surface area contributed by atoms with Crippen LogP contribution in [0.15, 0.2) is 21.1 Å². The molecule has 1 N–H and O–H groups in total. The summed E-state index contributed by atoms with van der Waals surface area (Å²) in [5.41, 5.74) is 1.19. The Labute approximate surface area is 138 Å². The molecular formula is C16H23Br2NO. The number of methoxy groups -OCH3 is 1. The average Bonchev–Trinajstić information content (AvgIpc) is 2.45. The minimum atomic E-state index is 0.567. The van der Waals surface area contributed by atoms with Crippen LogP contribution in [0.2, 0.25) is 0 Å². The molecule has 0 unspecified atom stereocenters. The van der Waals surface area contributed by atoms with E-state index in [2.05, 4.69) is 50.2 Å². The van der Waals surface area contributed by atoms with E-state index in [0.29, 0.717) is 6.04 Å². The van der Waals surface area contributed by atoms with E-state index in [4.69, 9.17) is 4.74 Å². The molecular weight excluding hydrogens is 382 g/mol. The van der Waals surface area contributed by atoms with E-state index in [0.717, 1.165) is 27.2 Å². The van der Waals surface area contributed by atoms with Gasteiger partial charge in [-0.05, 0) is 53.7 Å². The number of hydrogen-bond donors (Lipinski definition) is 1. The van der Waals surface area contributed by atoms with Crippen molar-refractivity contribution in [2.24, 2.45) is 5.92 Å². The van der Waals surface area contributed by atoms with Gasteiger partial charge >= 0.3 is 0 Å². The first kappa shape index (κ1) is 16.3. The Morgan fingerprint density at radius 1 is 1.25 bits per heavy atom. The van der Waals surface area contributed by atoms with Crippen LogP contribution in [0.25, 0.3) is 0 Å². The van der Waals surface area contributed by atoms with Gasteiger partial charge in [0, 0.05) is 22.6 Å². The van der Waals surface area contributed by atoms with Gasteiger partial charge in [0.1, 0.15) is 5.75 Å². The third-order valence-electron chi connectivity index (χ3n) is 4.26. The zero-order valence-electron chi connectivity index (χ0n) is 12.2. The van der Waals surface area contributed by atoms with Crippen molar-refractivity contribution in [3.05, 3.63) is 26.6 Å². The summed E-state index contributed by atoms with van der Waals surface area (Å²) in [5.74, 6) is 1.75. The van der Waals surface area contributed by atoms with Crippen LogP contribution < -0.4 is 10.1 Å². The molecule has 20 heavy (non-hydrogen) atoms. The topological polar surface area (TPSA) is 21.3 Å². The molecule has 0 amide bonds. The Balaban J connectivity index is 1.99. The van der Waals surface area contributed by atoms with Gasteiger partial charge in [-0.1, -0.05) is 35.2 Å². The molecule has 0 aliphatic heterocycles. The number of benzene rings is 1. The van der Waals surface area contributed by atoms with Crippen molar-refractivity contribution >= 4 is 31.9 Å². The molecule has 0 saturated heterocycles. The average molecular weight is 405 g/mol. The highest BCUT2D eigenvalue weighted by Gasteiger charge is 2.20. The van der Waals surface area contributed by atoms with Crippen molar-refractivity contribution < 1.29 is 4.74 Å². The van der Waals surface area contributed by atoms with Gasteiger partial charge in [-0.15, -0.1) is 0 Å². The van der Waals surface area contributed by atoms with E-state index in [1.54, 1.807) is 7.11 Å². The third-order valence-corrected chi connectivity index (χ3v) is 5.31. The summed E-state index contributed by atoms with van der Waals surface area (Å²) >= 11 is 7.11. The molecule has 4 heteroatoms. The van der Waals surface area contributed by atoms with E-state index >= 15 is 0 Å². The first-order valence-electron chi connectivity index (χ1n) is 7.37. The molecule has 1 aromatic rings. The molecule has 0 bridgehead atoms. The molecule has 0 heterocycles. The van der Waals surface area contributed by atoms with Crippen LogP contribution in [0.1, 0.15) is 44.6 Å². The van der Waals surface area contributed by atoms with Gasteiger partial charge in [0.25, 0.3) is 0 Å². The Morgan fingerprint density at radius 3 is 2.60 bits per heavy atom. The maximum atomic E-state index is 5.50. The monoisotopic (exact) mass is 403 g/mol. The second-order valence-corrected chi connectivity index (χ2v) is 7.42. The van der Waals surface area contributed by atoms with Crippen molar-refractivity contribution in [1.29, 1.82) is 0 Å². The zero-order chi connectivity index (χ0) is 14.5. The fourth-order valence-electron chi connectivity index (χ4n) is 3.05. The van der Waals surface area contributed by atoms with Gasteiger partial charge in [-0.3, -0.25) is 0 Å². The van der Waals surface area contributed by atoms with E-state index in [-0.39, 0.29) is 0 Å². The van der Waals surface area contributed by atoms with Crippen molar-refractivity contribution in [3.8, 4) is 5.75 Å². The highest BCUT2D eigenvalue weighted by molar-refractivity contribution is 9.11. The summed E-state index contributed by atoms with van der Waals surface area (Å²) in [7, 11) is 1.72. The lowest BCUT2D eigenvalue weighted by Gasteiger charge is -2.28. The molecule has 1 atom stereocenters. The van der Waals surface area contributed by atoms with Crippen LogP contribution in [-0.2, 0) is 6.54 Å². The van der Waals surface area contributed by atoms with Gasteiger partial charge in [0.2, 0.25) is 0 Å². The predicted octanol–water partition coefficient (Wildman–Crippen LogP) is 5.28. The van der Waals surface area contributed by atoms with Crippen LogP contribution in [0, 0.1) is 5.92 Å². The van der Waals surface area contributed by atoms with Crippen LogP contribution >= 0.6 is 31.9 Å². The molecule has 0 radical (unpaired) electrons. The van der Waals surface area contributed by atoms with E-state index < -0.39 is 0 Å². The van der Waals surface area contributed by atoms with Crippen molar-refractivity contribution in [2.75, 3.05) is 7.11 Å². The van der Waals surface area contributed by atoms with Gasteiger partial charge in [0.15, 0.2) is 0 Å². The maximum absolute atomic E-state index is 5.50. The van der Waals surface area contributed by atoms with Crippen LogP contribution in [0.4, 0.5) is 0 Å². The van der Waals surface area contributed by atoms with Gasteiger partial charge in [-0.25, -0.2) is 0 Å². The summed E-state index contributed by atoms with van der Waals surface area (Å²) in [6.45, 7) is 3.16. The summed E-state index contributed by atoms with van der Waals surface area (Å²) < 4.78 is 7.57. The first-order chi connectivity index (χ1) is 9.61. The number of halogens is 2. The standard InChI is InChI=1S/C16H23Br2NO/c1-11(12-6-4-3-5-7-12)19-10-13-8-14(17)9-15(18)16(13)20-2/h8-9,11-12,19H,3-7,10H2,1-2H3/t11-/m0/s1. The minimum absolute atomic E-state index is 0.567. The van der Waals surface area contributed by atoms with Crippen LogP contribution in [0.5, 0.6) is 5.75 Å². The largest absolute Gasteiger partial charge is 0.495 e. The maximum Gasteiger partial charge on any atom is 0.137 e. The Morgan fingerprint density at radius 2 is 1.95 bits per heavy atom. The van der Waals surface area contributed by atoms with Gasteiger partial charge < -0.3 is 10.1 Å². The quantitative estimate of drug-likeness (QED) is 0.720. The van der Waals surface area contributed by atoms with E-state index in [1.165, 1.54) is 37.7 Å². The fourth-order valence-corrected chi connectivity index (χ4v) is 4.52. The molecule has 112 valence electrons. The zero-order valence-corrected chi connectivity index (χ0v) is 15.4. The van der Waals surface area contributed by atoms with Gasteiger partial charge in [-0.2, -0.15) is 0 Å². The lowest BCUT2D eigenvalue weighted by Crippen LogP contribution is -2.34. The molecule has 2 rings (SSSR count). The summed E-state index contributed by atoms with van der Waals surface area (Å²) in [4.78, 5) is 0. The smallest absolute Gasteiger partial charge is 0.137 e. The van der Waals surface area contributed by atoms with Crippen molar-refractivity contribution in [3.63, 3.8) is 0 Å². The SMILES string of the molecule is COc1c(Br)cc(Br)cc1CN[C@@H](C)C1CCCCC1. The van der Waals surface area contributed by atoms with Gasteiger partial charge in [0.05, 0.1) is 11.6 Å². The number of ether oxygens (including phenoxy) is 1. The fraction of sp³-hybridized carbons (Fsp3) is 0.625. The Hall–Kier alpha value is -0.0600. The first-order valence-corrected chi connectivity index (χ1v) is 8.95. The molecule has 1 aromatic carbocycles. The predicted molar refractivity (Wildman–Crippen MR) is 91.3 cm³/mol. The molecule has 0 aromatic heterocycles. The summed E-state index contributed by atoms with van der Waals surface area (Å²) in [6, 6.07) is 4.72. The number of rotatable bonds is 5. The summed E-state index contributed by atoms with van der Waals surface area (Å²) in [6.07, 6.45) is 6.93. The van der Waals surface area contributed by atoms with E-state index in [1.807, 2.05) is 6.07 Å². The molecule has 1 aliphatic rings. The summed E-state index contributed by atoms with van der Waals surface area (Å²) in [5, 5.41) is 3.68. The Kier molecular flexibility index (Phi) is 6.37. The minimum Gasteiger partial charge on any atom is -0.495 e. The Bertz CT molecular complexity index is 444. The molecule has 1 fully saturated rings. The highest BCUT2D eigenvalue weighted by Crippen LogP contribution is 2.33. The van der Waals surface area contributed by atoms with Crippen LogP contribution in [-0.4, -0.2) is 13.2 Å². The lowest BCUT2D eigenvalue weighted by molar-refractivity contribution is 0.279. The highest BCUT2D eigenvalue weighted by atomic mass is 79.9. The number of hydrogen-bond acceptors (Lipinski definition) is 2. The van der Waals surface area contributed by atoms with E-state index in [9.17, 15) is 0 Å². The van der Waals surface area contributed by atoms with Crippen molar-refractivity contribution in [1.82, 2.24) is 5.32 Å². The van der Waals surface area contributed by atoms with Crippen LogP contribution in [0.3, 0.4) is 0 Å². The second kappa shape index (κ2) is 7.81. The molecule has 1 aliphatic carbocycles. The molecule has 2 nitrogen and oxygen atoms in total.